The SMILES string of the molecule is CN1CCCN(S)CC1=O. The highest BCUT2D eigenvalue weighted by Crippen LogP contribution is 2.03. The van der Waals surface area contributed by atoms with Crippen LogP contribution in [0.1, 0.15) is 6.42 Å². The van der Waals surface area contributed by atoms with Gasteiger partial charge in [0.1, 0.15) is 0 Å². The molecule has 3 nitrogen and oxygen atoms in total. The predicted molar refractivity (Wildman–Crippen MR) is 42.8 cm³/mol. The molecule has 1 heterocycles. The van der Waals surface area contributed by atoms with Crippen LogP contribution in [0, 0.1) is 0 Å². The molecule has 0 spiro atoms. The topological polar surface area (TPSA) is 23.6 Å². The fourth-order valence-corrected chi connectivity index (χ4v) is 1.23. The van der Waals surface area contributed by atoms with Crippen molar-refractivity contribution in [2.45, 2.75) is 6.42 Å². The molecule has 1 amide bonds. The van der Waals surface area contributed by atoms with E-state index in [4.69, 9.17) is 0 Å². The normalized spacial score (nSPS) is 23.0. The minimum absolute atomic E-state index is 0.160. The maximum absolute atomic E-state index is 11.1. The third-order valence-electron chi connectivity index (χ3n) is 1.65. The lowest BCUT2D eigenvalue weighted by Gasteiger charge is -2.12. The van der Waals surface area contributed by atoms with Gasteiger partial charge in [0.25, 0.3) is 0 Å². The standard InChI is InChI=1S/C6H12N2OS/c1-7-3-2-4-8(10)5-6(7)9/h10H,2-5H2,1H3. The van der Waals surface area contributed by atoms with Gasteiger partial charge in [-0.05, 0) is 6.42 Å². The van der Waals surface area contributed by atoms with Crippen LogP contribution in [0.4, 0.5) is 0 Å². The van der Waals surface area contributed by atoms with Gasteiger partial charge in [-0.15, -0.1) is 0 Å². The van der Waals surface area contributed by atoms with Crippen LogP contribution in [-0.2, 0) is 4.79 Å². The molecule has 1 fully saturated rings. The number of amides is 1. The van der Waals surface area contributed by atoms with Gasteiger partial charge in [0.05, 0.1) is 6.54 Å². The number of rotatable bonds is 0. The average molecular weight is 160 g/mol. The zero-order valence-electron chi connectivity index (χ0n) is 6.08. The van der Waals surface area contributed by atoms with Crippen molar-refractivity contribution in [1.29, 1.82) is 0 Å². The zero-order valence-corrected chi connectivity index (χ0v) is 6.97. The Hall–Kier alpha value is -0.220. The summed E-state index contributed by atoms with van der Waals surface area (Å²) in [5.41, 5.74) is 0. The van der Waals surface area contributed by atoms with Crippen molar-refractivity contribution < 1.29 is 4.79 Å². The molecule has 10 heavy (non-hydrogen) atoms. The fourth-order valence-electron chi connectivity index (χ4n) is 0.971. The summed E-state index contributed by atoms with van der Waals surface area (Å²) in [6, 6.07) is 0. The second kappa shape index (κ2) is 3.25. The van der Waals surface area contributed by atoms with E-state index in [1.807, 2.05) is 7.05 Å². The summed E-state index contributed by atoms with van der Waals surface area (Å²) in [5.74, 6) is 0.160. The molecule has 58 valence electrons. The van der Waals surface area contributed by atoms with E-state index in [0.29, 0.717) is 6.54 Å². The first kappa shape index (κ1) is 7.88. The lowest BCUT2D eigenvalue weighted by atomic mass is 10.4. The van der Waals surface area contributed by atoms with Crippen molar-refractivity contribution in [3.05, 3.63) is 0 Å². The molecule has 0 N–H and O–H groups in total. The highest BCUT2D eigenvalue weighted by molar-refractivity contribution is 7.77. The Morgan fingerprint density at radius 1 is 1.50 bits per heavy atom. The summed E-state index contributed by atoms with van der Waals surface area (Å²) in [6.07, 6.45) is 1.02. The van der Waals surface area contributed by atoms with Crippen LogP contribution in [0.2, 0.25) is 0 Å². The second-order valence-corrected chi connectivity index (χ2v) is 3.12. The van der Waals surface area contributed by atoms with Crippen LogP contribution in [0.5, 0.6) is 0 Å². The monoisotopic (exact) mass is 160 g/mol. The van der Waals surface area contributed by atoms with Gasteiger partial charge in [-0.25, -0.2) is 4.31 Å². The highest BCUT2D eigenvalue weighted by atomic mass is 32.1. The minimum atomic E-state index is 0.160. The molecule has 0 aromatic heterocycles. The first-order chi connectivity index (χ1) is 4.70. The zero-order chi connectivity index (χ0) is 7.56. The molecule has 4 heteroatoms. The van der Waals surface area contributed by atoms with E-state index in [-0.39, 0.29) is 5.91 Å². The molecule has 1 saturated heterocycles. The molecule has 0 aliphatic carbocycles. The van der Waals surface area contributed by atoms with Crippen LogP contribution in [0.15, 0.2) is 0 Å². The summed E-state index contributed by atoms with van der Waals surface area (Å²) >= 11 is 4.12. The quantitative estimate of drug-likeness (QED) is 0.504. The van der Waals surface area contributed by atoms with Gasteiger partial charge in [0.15, 0.2) is 0 Å². The van der Waals surface area contributed by atoms with Crippen LogP contribution in [-0.4, -0.2) is 41.8 Å². The Balaban J connectivity index is 2.49. The van der Waals surface area contributed by atoms with Crippen LogP contribution in [0.3, 0.4) is 0 Å². The van der Waals surface area contributed by atoms with Crippen molar-refractivity contribution in [2.24, 2.45) is 0 Å². The smallest absolute Gasteiger partial charge is 0.237 e. The van der Waals surface area contributed by atoms with E-state index < -0.39 is 0 Å². The van der Waals surface area contributed by atoms with E-state index >= 15 is 0 Å². The Morgan fingerprint density at radius 2 is 2.20 bits per heavy atom. The summed E-state index contributed by atoms with van der Waals surface area (Å²) < 4.78 is 1.76. The number of carbonyl (C=O) groups is 1. The molecule has 0 unspecified atom stereocenters. The first-order valence-corrected chi connectivity index (χ1v) is 3.78. The Morgan fingerprint density at radius 3 is 2.90 bits per heavy atom. The van der Waals surface area contributed by atoms with Gasteiger partial charge in [0, 0.05) is 20.1 Å². The largest absolute Gasteiger partial charge is 0.345 e. The van der Waals surface area contributed by atoms with Crippen LogP contribution < -0.4 is 0 Å². The van der Waals surface area contributed by atoms with Crippen LogP contribution in [0.25, 0.3) is 0 Å². The molecule has 1 rings (SSSR count). The number of hydrogen-bond donors (Lipinski definition) is 1. The van der Waals surface area contributed by atoms with Crippen LogP contribution >= 0.6 is 12.8 Å². The number of hydrogen-bond acceptors (Lipinski definition) is 3. The lowest BCUT2D eigenvalue weighted by Crippen LogP contribution is -2.30. The molecule has 0 aromatic rings. The third-order valence-corrected chi connectivity index (χ3v) is 1.99. The molecular formula is C6H12N2OS. The van der Waals surface area contributed by atoms with E-state index in [0.717, 1.165) is 19.5 Å². The molecule has 0 atom stereocenters. The van der Waals surface area contributed by atoms with Gasteiger partial charge in [0.2, 0.25) is 5.91 Å². The Labute approximate surface area is 66.5 Å². The average Bonchev–Trinajstić information content (AvgIpc) is 1.96. The molecule has 0 radical (unpaired) electrons. The predicted octanol–water partition coefficient (Wildman–Crippen LogP) is -0.00470. The Kier molecular flexibility index (Phi) is 2.56. The van der Waals surface area contributed by atoms with Crippen molar-refractivity contribution >= 4 is 18.7 Å². The summed E-state index contributed by atoms with van der Waals surface area (Å²) in [7, 11) is 1.83. The minimum Gasteiger partial charge on any atom is -0.345 e. The van der Waals surface area contributed by atoms with E-state index in [1.54, 1.807) is 9.21 Å². The number of nitrogens with zero attached hydrogens (tertiary/aromatic N) is 2. The maximum atomic E-state index is 11.1. The molecule has 0 bridgehead atoms. The van der Waals surface area contributed by atoms with Crippen molar-refractivity contribution in [3.63, 3.8) is 0 Å². The van der Waals surface area contributed by atoms with Gasteiger partial charge >= 0.3 is 0 Å². The first-order valence-electron chi connectivity index (χ1n) is 3.38. The van der Waals surface area contributed by atoms with Crippen molar-refractivity contribution in [3.8, 4) is 0 Å². The molecule has 0 aromatic carbocycles. The summed E-state index contributed by atoms with van der Waals surface area (Å²) in [4.78, 5) is 12.8. The van der Waals surface area contributed by atoms with Gasteiger partial charge in [-0.1, -0.05) is 12.8 Å². The molecule has 1 aliphatic heterocycles. The number of likely N-dealkylation sites (N-methyl/N-ethyl adjacent to an activating group) is 1. The molecule has 0 saturated carbocycles. The van der Waals surface area contributed by atoms with Gasteiger partial charge in [-0.2, -0.15) is 0 Å². The number of carbonyl (C=O) groups excluding carboxylic acids is 1. The molecular weight excluding hydrogens is 148 g/mol. The number of thiol groups is 1. The third kappa shape index (κ3) is 1.88. The van der Waals surface area contributed by atoms with E-state index in [2.05, 4.69) is 12.8 Å². The van der Waals surface area contributed by atoms with Gasteiger partial charge in [-0.3, -0.25) is 4.79 Å². The highest BCUT2D eigenvalue weighted by Gasteiger charge is 2.15. The molecule has 1 aliphatic rings. The fraction of sp³-hybridized carbons (Fsp3) is 0.833. The summed E-state index contributed by atoms with van der Waals surface area (Å²) in [5, 5.41) is 0. The second-order valence-electron chi connectivity index (χ2n) is 2.56. The van der Waals surface area contributed by atoms with E-state index in [9.17, 15) is 4.79 Å². The Bertz CT molecular complexity index is 140. The summed E-state index contributed by atoms with van der Waals surface area (Å²) in [6.45, 7) is 2.20. The lowest BCUT2D eigenvalue weighted by molar-refractivity contribution is -0.129. The van der Waals surface area contributed by atoms with Crippen molar-refractivity contribution in [2.75, 3.05) is 26.7 Å². The van der Waals surface area contributed by atoms with E-state index in [1.165, 1.54) is 0 Å². The van der Waals surface area contributed by atoms with Crippen molar-refractivity contribution in [1.82, 2.24) is 9.21 Å². The van der Waals surface area contributed by atoms with Gasteiger partial charge < -0.3 is 4.90 Å². The maximum Gasteiger partial charge on any atom is 0.237 e.